The van der Waals surface area contributed by atoms with E-state index in [2.05, 4.69) is 0 Å². The van der Waals surface area contributed by atoms with E-state index >= 15 is 0 Å². The van der Waals surface area contributed by atoms with Crippen molar-refractivity contribution in [2.45, 2.75) is 50.8 Å². The van der Waals surface area contributed by atoms with E-state index in [1.54, 1.807) is 54.6 Å². The number of rotatable bonds is 6. The lowest BCUT2D eigenvalue weighted by Crippen LogP contribution is -2.37. The molecule has 2 aliphatic rings. The molecule has 0 aliphatic carbocycles. The van der Waals surface area contributed by atoms with Crippen molar-refractivity contribution in [2.75, 3.05) is 27.6 Å². The van der Waals surface area contributed by atoms with E-state index in [1.807, 2.05) is 26.0 Å². The topological polar surface area (TPSA) is 98.8 Å². The highest BCUT2D eigenvalue weighted by Gasteiger charge is 2.45. The summed E-state index contributed by atoms with van der Waals surface area (Å²) in [5.74, 6) is -1.10. The lowest BCUT2D eigenvalue weighted by molar-refractivity contribution is -0.152. The molecular formula is C30H34O9. The van der Waals surface area contributed by atoms with Crippen molar-refractivity contribution in [3.05, 3.63) is 77.4 Å². The summed E-state index contributed by atoms with van der Waals surface area (Å²) in [6, 6.07) is 12.1. The summed E-state index contributed by atoms with van der Waals surface area (Å²) in [5.41, 5.74) is 1.26. The molecule has 39 heavy (non-hydrogen) atoms. The number of carbonyl (C=O) groups excluding carboxylic acids is 2. The molecule has 1 fully saturated rings. The molecular weight excluding hydrogens is 504 g/mol. The van der Waals surface area contributed by atoms with Gasteiger partial charge in [-0.05, 0) is 56.5 Å². The zero-order chi connectivity index (χ0) is 27.8. The van der Waals surface area contributed by atoms with Crippen LogP contribution in [-0.2, 0) is 23.7 Å². The highest BCUT2D eigenvalue weighted by atomic mass is 16.8. The predicted molar refractivity (Wildman–Crippen MR) is 143 cm³/mol. The molecule has 2 aromatic rings. The Bertz CT molecular complexity index is 1200. The smallest absolute Gasteiger partial charge is 0.342 e. The van der Waals surface area contributed by atoms with Gasteiger partial charge in [0, 0.05) is 13.2 Å². The average molecular weight is 539 g/mol. The molecule has 208 valence electrons. The first-order valence-corrected chi connectivity index (χ1v) is 12.8. The number of ether oxygens (including phenoxy) is 7. The van der Waals surface area contributed by atoms with Gasteiger partial charge in [-0.3, -0.25) is 0 Å². The molecule has 0 amide bonds. The van der Waals surface area contributed by atoms with Crippen molar-refractivity contribution >= 4 is 18.0 Å². The lowest BCUT2D eigenvalue weighted by atomic mass is 10.0. The van der Waals surface area contributed by atoms with Crippen molar-refractivity contribution in [2.24, 2.45) is 0 Å². The third-order valence-corrected chi connectivity index (χ3v) is 6.19. The molecule has 0 saturated carbocycles. The quantitative estimate of drug-likeness (QED) is 0.288. The second-order valence-electron chi connectivity index (χ2n) is 9.51. The van der Waals surface area contributed by atoms with Gasteiger partial charge in [-0.1, -0.05) is 36.4 Å². The van der Waals surface area contributed by atoms with Crippen LogP contribution in [0, 0.1) is 0 Å². The van der Waals surface area contributed by atoms with Gasteiger partial charge in [0.2, 0.25) is 0 Å². The van der Waals surface area contributed by atoms with E-state index in [-0.39, 0.29) is 24.7 Å². The van der Waals surface area contributed by atoms with Gasteiger partial charge in [0.15, 0.2) is 12.6 Å². The van der Waals surface area contributed by atoms with Crippen LogP contribution >= 0.6 is 0 Å². The Hall–Kier alpha value is -3.66. The number of hydrogen-bond acceptors (Lipinski definition) is 9. The van der Waals surface area contributed by atoms with E-state index in [1.165, 1.54) is 14.2 Å². The molecule has 0 N–H and O–H groups in total. The summed E-state index contributed by atoms with van der Waals surface area (Å²) in [6.07, 6.45) is 6.32. The molecule has 1 saturated heterocycles. The zero-order valence-electron chi connectivity index (χ0n) is 22.6. The first kappa shape index (κ1) is 28.4. The second-order valence-corrected chi connectivity index (χ2v) is 9.51. The normalized spacial score (nSPS) is 23.5. The van der Waals surface area contributed by atoms with Gasteiger partial charge in [-0.15, -0.1) is 0 Å². The maximum Gasteiger partial charge on any atom is 0.342 e. The highest BCUT2D eigenvalue weighted by molar-refractivity contribution is 5.97. The first-order valence-electron chi connectivity index (χ1n) is 12.8. The van der Waals surface area contributed by atoms with Crippen molar-refractivity contribution in [3.8, 4) is 11.5 Å². The highest BCUT2D eigenvalue weighted by Crippen LogP contribution is 2.35. The first-order chi connectivity index (χ1) is 18.8. The van der Waals surface area contributed by atoms with Crippen molar-refractivity contribution in [1.29, 1.82) is 0 Å². The maximum absolute atomic E-state index is 13.1. The van der Waals surface area contributed by atoms with Crippen LogP contribution in [0.25, 0.3) is 6.08 Å². The van der Waals surface area contributed by atoms with Gasteiger partial charge < -0.3 is 33.2 Å². The fourth-order valence-corrected chi connectivity index (χ4v) is 4.47. The van der Waals surface area contributed by atoms with Crippen LogP contribution in [0.4, 0.5) is 0 Å². The number of fused-ring (bicyclic) bond motifs is 2. The monoisotopic (exact) mass is 538 g/mol. The lowest BCUT2D eigenvalue weighted by Gasteiger charge is -2.24. The van der Waals surface area contributed by atoms with E-state index in [0.29, 0.717) is 29.7 Å². The molecule has 9 heteroatoms. The Labute approximate surface area is 228 Å². The minimum Gasteiger partial charge on any atom is -0.497 e. The molecule has 2 aliphatic heterocycles. The van der Waals surface area contributed by atoms with Crippen LogP contribution < -0.4 is 9.47 Å². The number of carbonyl (C=O) groups is 2. The Kier molecular flexibility index (Phi) is 9.40. The molecule has 0 radical (unpaired) electrons. The number of cyclic esters (lactones) is 1. The van der Waals surface area contributed by atoms with Gasteiger partial charge in [-0.2, -0.15) is 0 Å². The summed E-state index contributed by atoms with van der Waals surface area (Å²) in [6.45, 7) is 3.70. The Morgan fingerprint density at radius 2 is 1.87 bits per heavy atom. The third-order valence-electron chi connectivity index (χ3n) is 6.19. The fourth-order valence-electron chi connectivity index (χ4n) is 4.47. The van der Waals surface area contributed by atoms with E-state index in [4.69, 9.17) is 33.2 Å². The van der Waals surface area contributed by atoms with E-state index in [0.717, 1.165) is 0 Å². The van der Waals surface area contributed by atoms with Gasteiger partial charge >= 0.3 is 11.9 Å². The molecule has 2 heterocycles. The molecule has 0 spiro atoms. The van der Waals surface area contributed by atoms with Crippen LogP contribution in [0.15, 0.2) is 60.7 Å². The summed E-state index contributed by atoms with van der Waals surface area (Å²) in [4.78, 5) is 26.1. The van der Waals surface area contributed by atoms with Gasteiger partial charge in [0.1, 0.15) is 29.3 Å². The van der Waals surface area contributed by atoms with Crippen LogP contribution in [0.2, 0.25) is 0 Å². The van der Waals surface area contributed by atoms with Crippen LogP contribution in [0.1, 0.15) is 53.0 Å². The zero-order valence-corrected chi connectivity index (χ0v) is 22.6. The van der Waals surface area contributed by atoms with Crippen molar-refractivity contribution in [1.82, 2.24) is 0 Å². The van der Waals surface area contributed by atoms with Gasteiger partial charge in [0.25, 0.3) is 0 Å². The molecule has 2 aromatic carbocycles. The minimum atomic E-state index is -0.885. The second kappa shape index (κ2) is 12.9. The fraction of sp³-hybridized carbons (Fsp3) is 0.400. The van der Waals surface area contributed by atoms with Crippen LogP contribution in [0.5, 0.6) is 11.5 Å². The third kappa shape index (κ3) is 7.26. The minimum absolute atomic E-state index is 0.0492. The van der Waals surface area contributed by atoms with Crippen molar-refractivity contribution < 1.29 is 42.7 Å². The Morgan fingerprint density at radius 3 is 2.62 bits per heavy atom. The number of methoxy groups -OCH3 is 2. The maximum atomic E-state index is 13.1. The molecule has 9 nitrogen and oxygen atoms in total. The number of esters is 2. The summed E-state index contributed by atoms with van der Waals surface area (Å²) >= 11 is 0. The molecule has 3 atom stereocenters. The number of hydrogen-bond donors (Lipinski definition) is 0. The average Bonchev–Trinajstić information content (AvgIpc) is 3.24. The van der Waals surface area contributed by atoms with Crippen molar-refractivity contribution in [3.63, 3.8) is 0 Å². The molecule has 1 unspecified atom stereocenters. The van der Waals surface area contributed by atoms with E-state index in [9.17, 15) is 9.59 Å². The Morgan fingerprint density at radius 1 is 1.08 bits per heavy atom. The summed E-state index contributed by atoms with van der Waals surface area (Å²) in [7, 11) is 3.03. The molecule has 0 bridgehead atoms. The largest absolute Gasteiger partial charge is 0.497 e. The van der Waals surface area contributed by atoms with E-state index < -0.39 is 36.0 Å². The predicted octanol–water partition coefficient (Wildman–Crippen LogP) is 4.94. The molecule has 0 aromatic heterocycles. The standard InChI is InChI=1S/C30H34O9/c1-30(2)38-24-15-10-13-21-17-22(34-4)18-25(36-19-33-3)26(21)29(32)35-16-9-8-14-23(27(24)39-30)37-28(31)20-11-6-5-7-12-20/h5-8,10-14,17-18,23-24,27H,9,15-16,19H2,1-4H3/b13-10?,14-8-/t23?,24-,27+/m0/s1. The van der Waals surface area contributed by atoms with Gasteiger partial charge in [0.05, 0.1) is 25.4 Å². The van der Waals surface area contributed by atoms with Crippen LogP contribution in [-0.4, -0.2) is 63.7 Å². The SMILES string of the molecule is COCOc1cc(OC)cc2c1C(=O)OCC/C=C\C(OC(=O)c1ccccc1)[C@H]1OC(C)(C)O[C@H]1CC=C2. The Balaban J connectivity index is 1.67. The molecule has 4 rings (SSSR count). The van der Waals surface area contributed by atoms with Crippen LogP contribution in [0.3, 0.4) is 0 Å². The summed E-state index contributed by atoms with van der Waals surface area (Å²) in [5, 5.41) is 0. The van der Waals surface area contributed by atoms with Gasteiger partial charge in [-0.25, -0.2) is 9.59 Å². The number of benzene rings is 2. The summed E-state index contributed by atoms with van der Waals surface area (Å²) < 4.78 is 40.0.